The molecule has 92 valence electrons. The van der Waals surface area contributed by atoms with Gasteiger partial charge in [-0.1, -0.05) is 19.0 Å². The zero-order valence-corrected chi connectivity index (χ0v) is 12.1. The van der Waals surface area contributed by atoms with Crippen LogP contribution in [0.25, 0.3) is 10.7 Å². The summed E-state index contributed by atoms with van der Waals surface area (Å²) < 4.78 is 6.32. The summed E-state index contributed by atoms with van der Waals surface area (Å²) in [5.41, 5.74) is 0. The molecule has 0 amide bonds. The Hall–Kier alpha value is -0.720. The van der Waals surface area contributed by atoms with Crippen LogP contribution in [0.15, 0.2) is 20.4 Å². The highest BCUT2D eigenvalue weighted by molar-refractivity contribution is 9.10. The van der Waals surface area contributed by atoms with Gasteiger partial charge >= 0.3 is 0 Å². The van der Waals surface area contributed by atoms with Gasteiger partial charge in [0.25, 0.3) is 0 Å². The molecule has 0 saturated heterocycles. The molecule has 1 unspecified atom stereocenters. The smallest absolute Gasteiger partial charge is 0.231 e. The first kappa shape index (κ1) is 12.7. The van der Waals surface area contributed by atoms with Crippen LogP contribution in [0.2, 0.25) is 0 Å². The van der Waals surface area contributed by atoms with Crippen LogP contribution in [0.1, 0.15) is 25.7 Å². The van der Waals surface area contributed by atoms with Crippen LogP contribution < -0.4 is 5.32 Å². The average Bonchev–Trinajstić information content (AvgIpc) is 2.93. The molecular weight excluding hydrogens is 302 g/mol. The Bertz CT molecular complexity index is 483. The summed E-state index contributed by atoms with van der Waals surface area (Å²) >= 11 is 5.01. The monoisotopic (exact) mass is 315 g/mol. The number of thiophene rings is 1. The third kappa shape index (κ3) is 3.14. The van der Waals surface area contributed by atoms with Gasteiger partial charge in [0.15, 0.2) is 0 Å². The second-order valence-electron chi connectivity index (χ2n) is 3.79. The maximum atomic E-state index is 5.28. The Kier molecular flexibility index (Phi) is 4.31. The van der Waals surface area contributed by atoms with E-state index in [1.807, 2.05) is 11.4 Å². The normalized spacial score (nSPS) is 12.9. The van der Waals surface area contributed by atoms with Crippen LogP contribution in [0.5, 0.6) is 0 Å². The summed E-state index contributed by atoms with van der Waals surface area (Å²) in [6, 6.07) is 1.99. The Morgan fingerprint density at radius 1 is 1.59 bits per heavy atom. The fraction of sp³-hybridized carbons (Fsp3) is 0.455. The van der Waals surface area contributed by atoms with Crippen LogP contribution in [0.4, 0.5) is 0 Å². The highest BCUT2D eigenvalue weighted by Gasteiger charge is 2.15. The fourth-order valence-corrected chi connectivity index (χ4v) is 2.77. The number of hydrogen-bond donors (Lipinski definition) is 1. The zero-order valence-electron chi connectivity index (χ0n) is 9.74. The van der Waals surface area contributed by atoms with Crippen molar-refractivity contribution in [1.29, 1.82) is 0 Å². The molecule has 17 heavy (non-hydrogen) atoms. The second-order valence-corrected chi connectivity index (χ2v) is 5.62. The van der Waals surface area contributed by atoms with Gasteiger partial charge in [0.05, 0.1) is 4.88 Å². The molecular formula is C11H14BrN3OS. The van der Waals surface area contributed by atoms with E-state index in [0.29, 0.717) is 11.7 Å². The van der Waals surface area contributed by atoms with Crippen LogP contribution >= 0.6 is 27.3 Å². The third-order valence-corrected chi connectivity index (χ3v) is 4.04. The number of halogens is 1. The first-order chi connectivity index (χ1) is 8.20. The third-order valence-electron chi connectivity index (χ3n) is 2.35. The molecule has 2 aromatic rings. The van der Waals surface area contributed by atoms with E-state index in [4.69, 9.17) is 4.52 Å². The minimum atomic E-state index is 0.236. The van der Waals surface area contributed by atoms with Crippen LogP contribution in [-0.4, -0.2) is 23.2 Å². The quantitative estimate of drug-likeness (QED) is 0.920. The molecule has 2 rings (SSSR count). The van der Waals surface area contributed by atoms with E-state index < -0.39 is 0 Å². The number of nitrogens with zero attached hydrogens (tertiary/aromatic N) is 2. The Morgan fingerprint density at radius 3 is 3.06 bits per heavy atom. The predicted molar refractivity (Wildman–Crippen MR) is 72.3 cm³/mol. The molecule has 1 N–H and O–H groups in total. The van der Waals surface area contributed by atoms with Gasteiger partial charge in [0.2, 0.25) is 11.7 Å². The van der Waals surface area contributed by atoms with Crippen molar-refractivity contribution in [3.63, 3.8) is 0 Å². The molecule has 4 nitrogen and oxygen atoms in total. The lowest BCUT2D eigenvalue weighted by atomic mass is 10.2. The van der Waals surface area contributed by atoms with E-state index in [1.165, 1.54) is 0 Å². The largest absolute Gasteiger partial charge is 0.339 e. The molecule has 0 aliphatic carbocycles. The highest BCUT2D eigenvalue weighted by atomic mass is 79.9. The van der Waals surface area contributed by atoms with Crippen molar-refractivity contribution in [1.82, 2.24) is 15.5 Å². The highest BCUT2D eigenvalue weighted by Crippen LogP contribution is 2.28. The Labute approximate surface area is 113 Å². The molecule has 0 aliphatic heterocycles. The predicted octanol–water partition coefficient (Wildman–Crippen LogP) is 3.27. The summed E-state index contributed by atoms with van der Waals surface area (Å²) in [6.45, 7) is 5.95. The minimum Gasteiger partial charge on any atom is -0.339 e. The van der Waals surface area contributed by atoms with Gasteiger partial charge < -0.3 is 9.84 Å². The molecule has 0 aliphatic rings. The maximum absolute atomic E-state index is 5.28. The molecule has 2 aromatic heterocycles. The van der Waals surface area contributed by atoms with E-state index in [-0.39, 0.29) is 5.92 Å². The average molecular weight is 316 g/mol. The van der Waals surface area contributed by atoms with Crippen molar-refractivity contribution in [2.75, 3.05) is 13.1 Å². The molecule has 0 aromatic carbocycles. The van der Waals surface area contributed by atoms with Crippen molar-refractivity contribution < 1.29 is 4.52 Å². The van der Waals surface area contributed by atoms with Gasteiger partial charge in [-0.05, 0) is 28.5 Å². The van der Waals surface area contributed by atoms with Crippen molar-refractivity contribution >= 4 is 27.3 Å². The summed E-state index contributed by atoms with van der Waals surface area (Å²) in [4.78, 5) is 5.43. The summed E-state index contributed by atoms with van der Waals surface area (Å²) in [5.74, 6) is 1.59. The fourth-order valence-electron chi connectivity index (χ4n) is 1.41. The van der Waals surface area contributed by atoms with E-state index in [9.17, 15) is 0 Å². The van der Waals surface area contributed by atoms with Crippen molar-refractivity contribution in [2.45, 2.75) is 19.8 Å². The number of hydrogen-bond acceptors (Lipinski definition) is 5. The maximum Gasteiger partial charge on any atom is 0.231 e. The van der Waals surface area contributed by atoms with Gasteiger partial charge in [-0.25, -0.2) is 0 Å². The first-order valence-electron chi connectivity index (χ1n) is 5.49. The Morgan fingerprint density at radius 2 is 2.41 bits per heavy atom. The summed E-state index contributed by atoms with van der Waals surface area (Å²) in [5, 5.41) is 9.28. The Balaban J connectivity index is 2.10. The second kappa shape index (κ2) is 5.75. The molecule has 0 saturated carbocycles. The molecule has 0 radical (unpaired) electrons. The van der Waals surface area contributed by atoms with Crippen LogP contribution in [0.3, 0.4) is 0 Å². The molecule has 2 heterocycles. The van der Waals surface area contributed by atoms with Gasteiger partial charge in [-0.3, -0.25) is 0 Å². The number of likely N-dealkylation sites (N-methyl/N-ethyl adjacent to an activating group) is 1. The topological polar surface area (TPSA) is 51.0 Å². The van der Waals surface area contributed by atoms with Crippen molar-refractivity contribution in [3.05, 3.63) is 21.8 Å². The van der Waals surface area contributed by atoms with E-state index >= 15 is 0 Å². The molecule has 0 bridgehead atoms. The molecule has 0 spiro atoms. The van der Waals surface area contributed by atoms with Gasteiger partial charge in [-0.15, -0.1) is 11.3 Å². The molecule has 1 atom stereocenters. The van der Waals surface area contributed by atoms with Gasteiger partial charge in [0.1, 0.15) is 0 Å². The number of nitrogens with one attached hydrogen (secondary N) is 1. The van der Waals surface area contributed by atoms with Crippen LogP contribution in [0, 0.1) is 0 Å². The lowest BCUT2D eigenvalue weighted by molar-refractivity contribution is 0.355. The van der Waals surface area contributed by atoms with Gasteiger partial charge in [0, 0.05) is 22.3 Å². The lowest BCUT2D eigenvalue weighted by Crippen LogP contribution is -2.19. The number of rotatable bonds is 5. The standard InChI is InChI=1S/C11H14BrN3OS/c1-3-13-5-7(2)11-14-10(15-16-11)9-4-8(12)6-17-9/h4,6-7,13H,3,5H2,1-2H3. The molecule has 6 heteroatoms. The van der Waals surface area contributed by atoms with Crippen molar-refractivity contribution in [2.24, 2.45) is 0 Å². The van der Waals surface area contributed by atoms with E-state index in [2.05, 4.69) is 45.2 Å². The van der Waals surface area contributed by atoms with E-state index in [0.717, 1.165) is 22.4 Å². The van der Waals surface area contributed by atoms with Crippen LogP contribution in [-0.2, 0) is 0 Å². The first-order valence-corrected chi connectivity index (χ1v) is 7.16. The zero-order chi connectivity index (χ0) is 12.3. The SMILES string of the molecule is CCNCC(C)c1nc(-c2cc(Br)cs2)no1. The summed E-state index contributed by atoms with van der Waals surface area (Å²) in [7, 11) is 0. The molecule has 0 fully saturated rings. The van der Waals surface area contributed by atoms with Crippen molar-refractivity contribution in [3.8, 4) is 10.7 Å². The number of aromatic nitrogens is 2. The minimum absolute atomic E-state index is 0.236. The summed E-state index contributed by atoms with van der Waals surface area (Å²) in [6.07, 6.45) is 0. The lowest BCUT2D eigenvalue weighted by Gasteiger charge is -2.05. The van der Waals surface area contributed by atoms with E-state index in [1.54, 1.807) is 11.3 Å². The van der Waals surface area contributed by atoms with Gasteiger partial charge in [-0.2, -0.15) is 4.98 Å².